The van der Waals surface area contributed by atoms with E-state index >= 15 is 0 Å². The number of nitrogens with zero attached hydrogens (tertiary/aromatic N) is 1. The van der Waals surface area contributed by atoms with E-state index in [-0.39, 0.29) is 10.1 Å². The van der Waals surface area contributed by atoms with E-state index in [9.17, 15) is 14.7 Å². The van der Waals surface area contributed by atoms with E-state index in [0.717, 1.165) is 16.8 Å². The van der Waals surface area contributed by atoms with Gasteiger partial charge in [0.1, 0.15) is 11.5 Å². The lowest BCUT2D eigenvalue weighted by atomic mass is 10.1. The van der Waals surface area contributed by atoms with E-state index in [4.69, 9.17) is 17.0 Å². The van der Waals surface area contributed by atoms with E-state index in [1.54, 1.807) is 42.5 Å². The van der Waals surface area contributed by atoms with Crippen LogP contribution in [-0.2, 0) is 4.79 Å². The molecule has 2 amide bonds. The number of amides is 2. The first-order chi connectivity index (χ1) is 12.5. The van der Waals surface area contributed by atoms with Gasteiger partial charge in [0.25, 0.3) is 11.8 Å². The average Bonchev–Trinajstić information content (AvgIpc) is 2.91. The number of phenols is 1. The van der Waals surface area contributed by atoms with Crippen LogP contribution in [0.25, 0.3) is 6.08 Å². The Bertz CT molecular complexity index is 913. The topological polar surface area (TPSA) is 78.9 Å². The number of ether oxygens (including phenoxy) is 1. The molecular formula is C18H14N2O4S2. The lowest BCUT2D eigenvalue weighted by Gasteiger charge is -2.15. The molecule has 0 atom stereocenters. The molecule has 26 heavy (non-hydrogen) atoms. The third-order valence-electron chi connectivity index (χ3n) is 3.57. The van der Waals surface area contributed by atoms with Crippen molar-refractivity contribution in [1.29, 1.82) is 0 Å². The fourth-order valence-corrected chi connectivity index (χ4v) is 3.40. The van der Waals surface area contributed by atoms with Crippen molar-refractivity contribution in [3.8, 4) is 11.5 Å². The highest BCUT2D eigenvalue weighted by molar-refractivity contribution is 8.26. The number of methoxy groups -OCH3 is 1. The highest BCUT2D eigenvalue weighted by atomic mass is 32.2. The molecule has 1 aliphatic rings. The number of hydrogen-bond acceptors (Lipinski definition) is 6. The van der Waals surface area contributed by atoms with Crippen LogP contribution in [0.3, 0.4) is 0 Å². The van der Waals surface area contributed by atoms with E-state index in [0.29, 0.717) is 21.8 Å². The maximum Gasteiger partial charge on any atom is 0.285 e. The summed E-state index contributed by atoms with van der Waals surface area (Å²) in [6.45, 7) is 0. The number of benzene rings is 2. The zero-order valence-electron chi connectivity index (χ0n) is 13.6. The van der Waals surface area contributed by atoms with Gasteiger partial charge in [-0.1, -0.05) is 30.0 Å². The van der Waals surface area contributed by atoms with E-state index in [1.165, 1.54) is 19.3 Å². The number of nitrogens with one attached hydrogen (secondary N) is 1. The van der Waals surface area contributed by atoms with Crippen LogP contribution in [0, 0.1) is 0 Å². The molecule has 2 N–H and O–H groups in total. The quantitative estimate of drug-likeness (QED) is 0.621. The first-order valence-corrected chi connectivity index (χ1v) is 8.73. The molecule has 8 heteroatoms. The smallest absolute Gasteiger partial charge is 0.285 e. The summed E-state index contributed by atoms with van der Waals surface area (Å²) < 4.78 is 5.24. The van der Waals surface area contributed by atoms with Gasteiger partial charge in [0.2, 0.25) is 0 Å². The van der Waals surface area contributed by atoms with Gasteiger partial charge in [0, 0.05) is 17.2 Å². The Morgan fingerprint density at radius 1 is 1.27 bits per heavy atom. The molecule has 132 valence electrons. The summed E-state index contributed by atoms with van der Waals surface area (Å²) in [6.07, 6.45) is 1.52. The molecule has 1 saturated heterocycles. The van der Waals surface area contributed by atoms with Crippen LogP contribution in [0.2, 0.25) is 0 Å². The van der Waals surface area contributed by atoms with Gasteiger partial charge in [-0.15, -0.1) is 0 Å². The van der Waals surface area contributed by atoms with E-state index in [2.05, 4.69) is 5.43 Å². The Labute approximate surface area is 159 Å². The molecule has 0 radical (unpaired) electrons. The second-order valence-corrected chi connectivity index (χ2v) is 6.92. The summed E-state index contributed by atoms with van der Waals surface area (Å²) in [5.74, 6) is -0.416. The van der Waals surface area contributed by atoms with Gasteiger partial charge in [-0.05, 0) is 42.6 Å². The monoisotopic (exact) mass is 386 g/mol. The molecule has 2 aromatic carbocycles. The van der Waals surface area contributed by atoms with Crippen LogP contribution in [0.5, 0.6) is 11.5 Å². The first-order valence-electron chi connectivity index (χ1n) is 7.50. The molecule has 0 unspecified atom stereocenters. The molecule has 0 saturated carbocycles. The van der Waals surface area contributed by atoms with Crippen LogP contribution in [0.4, 0.5) is 0 Å². The summed E-state index contributed by atoms with van der Waals surface area (Å²) in [7, 11) is 1.50. The van der Waals surface area contributed by atoms with Crippen molar-refractivity contribution in [2.75, 3.05) is 7.11 Å². The highest BCUT2D eigenvalue weighted by Crippen LogP contribution is 2.34. The number of hydrazine groups is 1. The van der Waals surface area contributed by atoms with Gasteiger partial charge >= 0.3 is 0 Å². The van der Waals surface area contributed by atoms with E-state index in [1.807, 2.05) is 0 Å². The number of carbonyl (C=O) groups excluding carboxylic acids is 2. The van der Waals surface area contributed by atoms with E-state index < -0.39 is 11.8 Å². The molecule has 0 bridgehead atoms. The summed E-state index contributed by atoms with van der Waals surface area (Å²) in [4.78, 5) is 25.1. The minimum Gasteiger partial charge on any atom is -0.507 e. The predicted octanol–water partition coefficient (Wildman–Crippen LogP) is 2.95. The number of carbonyl (C=O) groups is 2. The maximum atomic E-state index is 12.5. The number of rotatable bonds is 4. The van der Waals surface area contributed by atoms with Crippen molar-refractivity contribution in [3.05, 3.63) is 64.6 Å². The second kappa shape index (κ2) is 7.59. The third-order valence-corrected chi connectivity index (χ3v) is 4.87. The van der Waals surface area contributed by atoms with Gasteiger partial charge in [-0.2, -0.15) is 5.01 Å². The Hall–Kier alpha value is -2.84. The van der Waals surface area contributed by atoms with Crippen LogP contribution >= 0.6 is 24.0 Å². The van der Waals surface area contributed by atoms with Crippen molar-refractivity contribution >= 4 is 46.2 Å². The Morgan fingerprint density at radius 2 is 2.00 bits per heavy atom. The van der Waals surface area contributed by atoms with Crippen LogP contribution in [0.15, 0.2) is 53.4 Å². The molecule has 0 spiro atoms. The van der Waals surface area contributed by atoms with Gasteiger partial charge in [-0.3, -0.25) is 15.0 Å². The number of phenolic OH excluding ortho intramolecular Hbond substituents is 1. The fraction of sp³-hybridized carbons (Fsp3) is 0.0556. The zero-order chi connectivity index (χ0) is 18.7. The SMILES string of the molecule is COc1ccc(/C=C2\SC(=S)N(NC(=O)c3ccccc3)C2=O)c(O)c1. The normalized spacial score (nSPS) is 15.4. The van der Waals surface area contributed by atoms with Gasteiger partial charge in [-0.25, -0.2) is 0 Å². The summed E-state index contributed by atoms with van der Waals surface area (Å²) in [5.41, 5.74) is 3.36. The molecule has 1 heterocycles. The molecule has 0 aromatic heterocycles. The number of hydrogen-bond donors (Lipinski definition) is 2. The molecule has 1 fully saturated rings. The molecule has 2 aromatic rings. The Kier molecular flexibility index (Phi) is 5.24. The zero-order valence-corrected chi connectivity index (χ0v) is 15.3. The molecule has 0 aliphatic carbocycles. The lowest BCUT2D eigenvalue weighted by molar-refractivity contribution is -0.123. The van der Waals surface area contributed by atoms with Crippen LogP contribution < -0.4 is 10.2 Å². The summed E-state index contributed by atoms with van der Waals surface area (Å²) in [6, 6.07) is 13.3. The number of thioether (sulfide) groups is 1. The highest BCUT2D eigenvalue weighted by Gasteiger charge is 2.34. The van der Waals surface area contributed by atoms with Gasteiger partial charge in [0.05, 0.1) is 12.0 Å². The summed E-state index contributed by atoms with van der Waals surface area (Å²) in [5, 5.41) is 11.1. The Morgan fingerprint density at radius 3 is 2.65 bits per heavy atom. The standard InChI is InChI=1S/C18H14N2O4S2/c1-24-13-8-7-12(14(21)10-13)9-15-17(23)20(18(25)26-15)19-16(22)11-5-3-2-4-6-11/h2-10,21H,1H3,(H,19,22)/b15-9-. The molecule has 3 rings (SSSR count). The van der Waals surface area contributed by atoms with Crippen LogP contribution in [-0.4, -0.2) is 33.4 Å². The lowest BCUT2D eigenvalue weighted by Crippen LogP contribution is -2.44. The summed E-state index contributed by atoms with van der Waals surface area (Å²) >= 11 is 6.23. The van der Waals surface area contributed by atoms with Crippen molar-refractivity contribution in [2.24, 2.45) is 0 Å². The number of thiocarbonyl (C=S) groups is 1. The minimum atomic E-state index is -0.459. The number of aromatic hydroxyl groups is 1. The molecule has 1 aliphatic heterocycles. The average molecular weight is 386 g/mol. The van der Waals surface area contributed by atoms with Crippen molar-refractivity contribution < 1.29 is 19.4 Å². The Balaban J connectivity index is 1.79. The van der Waals surface area contributed by atoms with Crippen molar-refractivity contribution in [3.63, 3.8) is 0 Å². The van der Waals surface area contributed by atoms with Crippen molar-refractivity contribution in [2.45, 2.75) is 0 Å². The minimum absolute atomic E-state index is 0.0251. The largest absolute Gasteiger partial charge is 0.507 e. The van der Waals surface area contributed by atoms with Gasteiger partial charge in [0.15, 0.2) is 4.32 Å². The van der Waals surface area contributed by atoms with Crippen LogP contribution in [0.1, 0.15) is 15.9 Å². The predicted molar refractivity (Wildman–Crippen MR) is 104 cm³/mol. The van der Waals surface area contributed by atoms with Gasteiger partial charge < -0.3 is 9.84 Å². The third kappa shape index (κ3) is 3.71. The molecular weight excluding hydrogens is 372 g/mol. The first kappa shape index (κ1) is 18.0. The van der Waals surface area contributed by atoms with Crippen molar-refractivity contribution in [1.82, 2.24) is 10.4 Å². The molecule has 6 nitrogen and oxygen atoms in total. The second-order valence-electron chi connectivity index (χ2n) is 5.25. The maximum absolute atomic E-state index is 12.5. The fourth-order valence-electron chi connectivity index (χ4n) is 2.23.